The summed E-state index contributed by atoms with van der Waals surface area (Å²) in [4.78, 5) is 27.6. The van der Waals surface area contributed by atoms with Gasteiger partial charge in [-0.1, -0.05) is 34.6 Å². The number of nitrogens with zero attached hydrogens (tertiary/aromatic N) is 2. The normalized spacial score (nSPS) is 17.2. The van der Waals surface area contributed by atoms with E-state index in [1.807, 2.05) is 23.6 Å². The van der Waals surface area contributed by atoms with E-state index in [1.54, 1.807) is 0 Å². The van der Waals surface area contributed by atoms with Gasteiger partial charge < -0.3 is 9.80 Å². The molecule has 1 saturated heterocycles. The Morgan fingerprint density at radius 1 is 1.00 bits per heavy atom. The highest BCUT2D eigenvalue weighted by Gasteiger charge is 2.27. The second kappa shape index (κ2) is 5.72. The molecule has 1 aliphatic heterocycles. The third-order valence-electron chi connectivity index (χ3n) is 3.12. The van der Waals surface area contributed by atoms with Crippen LogP contribution in [-0.4, -0.2) is 47.8 Å². The number of rotatable bonds is 2. The van der Waals surface area contributed by atoms with E-state index >= 15 is 0 Å². The van der Waals surface area contributed by atoms with Gasteiger partial charge >= 0.3 is 0 Å². The van der Waals surface area contributed by atoms with Crippen molar-refractivity contribution in [1.82, 2.24) is 9.80 Å². The molecule has 0 unspecified atom stereocenters. The molecule has 0 aromatic heterocycles. The van der Waals surface area contributed by atoms with Gasteiger partial charge in [-0.05, 0) is 5.41 Å². The molecule has 1 aliphatic rings. The Balaban J connectivity index is 2.44. The number of carbonyl (C=O) groups excluding carboxylic acids is 2. The van der Waals surface area contributed by atoms with Gasteiger partial charge in [0, 0.05) is 38.5 Å². The Bertz CT molecular complexity index is 310. The minimum Gasteiger partial charge on any atom is -0.339 e. The Hall–Kier alpha value is -1.06. The van der Waals surface area contributed by atoms with Gasteiger partial charge in [-0.15, -0.1) is 0 Å². The average molecular weight is 254 g/mol. The molecule has 0 aromatic carbocycles. The lowest BCUT2D eigenvalue weighted by molar-refractivity contribution is -0.142. The average Bonchev–Trinajstić information content (AvgIpc) is 2.26. The third kappa shape index (κ3) is 4.31. The molecule has 2 amide bonds. The highest BCUT2D eigenvalue weighted by Crippen LogP contribution is 2.20. The SMILES string of the molecule is CC(C)C(=O)N1CCN(C(=O)CC(C)(C)C)CC1. The van der Waals surface area contributed by atoms with Crippen molar-refractivity contribution in [3.63, 3.8) is 0 Å². The summed E-state index contributed by atoms with van der Waals surface area (Å²) >= 11 is 0. The topological polar surface area (TPSA) is 40.6 Å². The van der Waals surface area contributed by atoms with Crippen LogP contribution in [-0.2, 0) is 9.59 Å². The van der Waals surface area contributed by atoms with E-state index in [2.05, 4.69) is 20.8 Å². The van der Waals surface area contributed by atoms with Gasteiger partial charge in [0.05, 0.1) is 0 Å². The molecule has 0 radical (unpaired) electrons. The second-order valence-electron chi connectivity index (χ2n) is 6.60. The van der Waals surface area contributed by atoms with Crippen LogP contribution < -0.4 is 0 Å². The number of carbonyl (C=O) groups is 2. The molecule has 18 heavy (non-hydrogen) atoms. The zero-order valence-electron chi connectivity index (χ0n) is 12.3. The fourth-order valence-electron chi connectivity index (χ4n) is 2.11. The van der Waals surface area contributed by atoms with Crippen molar-refractivity contribution in [3.05, 3.63) is 0 Å². The predicted molar refractivity (Wildman–Crippen MR) is 72.1 cm³/mol. The fraction of sp³-hybridized carbons (Fsp3) is 0.857. The van der Waals surface area contributed by atoms with Crippen molar-refractivity contribution >= 4 is 11.8 Å². The van der Waals surface area contributed by atoms with Crippen LogP contribution in [0.4, 0.5) is 0 Å². The van der Waals surface area contributed by atoms with E-state index in [0.717, 1.165) is 0 Å². The number of piperazine rings is 1. The van der Waals surface area contributed by atoms with E-state index in [1.165, 1.54) is 0 Å². The van der Waals surface area contributed by atoms with Crippen LogP contribution in [0.25, 0.3) is 0 Å². The van der Waals surface area contributed by atoms with E-state index < -0.39 is 0 Å². The summed E-state index contributed by atoms with van der Waals surface area (Å²) in [5.74, 6) is 0.443. The molecule has 0 atom stereocenters. The summed E-state index contributed by atoms with van der Waals surface area (Å²) in [6.07, 6.45) is 0.575. The Labute approximate surface area is 110 Å². The molecule has 1 heterocycles. The van der Waals surface area contributed by atoms with Gasteiger partial charge in [0.2, 0.25) is 11.8 Å². The van der Waals surface area contributed by atoms with Gasteiger partial charge in [-0.2, -0.15) is 0 Å². The maximum absolute atomic E-state index is 12.0. The molecule has 0 aliphatic carbocycles. The molecule has 0 N–H and O–H groups in total. The highest BCUT2D eigenvalue weighted by molar-refractivity contribution is 5.79. The summed E-state index contributed by atoms with van der Waals surface area (Å²) in [6.45, 7) is 12.7. The largest absolute Gasteiger partial charge is 0.339 e. The first kappa shape index (κ1) is 15.0. The molecule has 1 fully saturated rings. The first-order valence-electron chi connectivity index (χ1n) is 6.77. The van der Waals surface area contributed by atoms with E-state index in [0.29, 0.717) is 32.6 Å². The molecule has 1 rings (SSSR count). The maximum Gasteiger partial charge on any atom is 0.225 e. The number of hydrogen-bond donors (Lipinski definition) is 0. The Morgan fingerprint density at radius 2 is 1.44 bits per heavy atom. The van der Waals surface area contributed by atoms with Gasteiger partial charge in [-0.25, -0.2) is 0 Å². The van der Waals surface area contributed by atoms with Crippen LogP contribution in [0, 0.1) is 11.3 Å². The molecule has 0 spiro atoms. The standard InChI is InChI=1S/C14H26N2O2/c1-11(2)13(18)16-8-6-15(7-9-16)12(17)10-14(3,4)5/h11H,6-10H2,1-5H3. The van der Waals surface area contributed by atoms with Crippen molar-refractivity contribution in [3.8, 4) is 0 Å². The van der Waals surface area contributed by atoms with Crippen LogP contribution in [0.5, 0.6) is 0 Å². The zero-order valence-corrected chi connectivity index (χ0v) is 12.3. The smallest absolute Gasteiger partial charge is 0.225 e. The minimum atomic E-state index is 0.0297. The lowest BCUT2D eigenvalue weighted by Gasteiger charge is -2.36. The number of hydrogen-bond acceptors (Lipinski definition) is 2. The lowest BCUT2D eigenvalue weighted by Crippen LogP contribution is -2.51. The lowest BCUT2D eigenvalue weighted by atomic mass is 9.91. The van der Waals surface area contributed by atoms with E-state index in [-0.39, 0.29) is 23.1 Å². The van der Waals surface area contributed by atoms with Crippen LogP contribution in [0.3, 0.4) is 0 Å². The molecular formula is C14H26N2O2. The first-order valence-corrected chi connectivity index (χ1v) is 6.77. The summed E-state index contributed by atoms with van der Waals surface area (Å²) in [7, 11) is 0. The second-order valence-corrected chi connectivity index (χ2v) is 6.60. The molecule has 4 nitrogen and oxygen atoms in total. The third-order valence-corrected chi connectivity index (χ3v) is 3.12. The van der Waals surface area contributed by atoms with E-state index in [9.17, 15) is 9.59 Å². The summed E-state index contributed by atoms with van der Waals surface area (Å²) in [6, 6.07) is 0. The molecule has 0 bridgehead atoms. The fourth-order valence-corrected chi connectivity index (χ4v) is 2.11. The van der Waals surface area contributed by atoms with Crippen LogP contribution >= 0.6 is 0 Å². The van der Waals surface area contributed by atoms with Crippen molar-refractivity contribution < 1.29 is 9.59 Å². The Kier molecular flexibility index (Phi) is 4.77. The van der Waals surface area contributed by atoms with Gasteiger partial charge in [0.15, 0.2) is 0 Å². The summed E-state index contributed by atoms with van der Waals surface area (Å²) < 4.78 is 0. The zero-order chi connectivity index (χ0) is 13.9. The van der Waals surface area contributed by atoms with Gasteiger partial charge in [0.25, 0.3) is 0 Å². The van der Waals surface area contributed by atoms with Gasteiger partial charge in [0.1, 0.15) is 0 Å². The quantitative estimate of drug-likeness (QED) is 0.753. The predicted octanol–water partition coefficient (Wildman–Crippen LogP) is 1.75. The molecule has 4 heteroatoms. The molecular weight excluding hydrogens is 228 g/mol. The van der Waals surface area contributed by atoms with Crippen LogP contribution in [0.1, 0.15) is 41.0 Å². The molecule has 0 saturated carbocycles. The minimum absolute atomic E-state index is 0.0297. The van der Waals surface area contributed by atoms with Crippen molar-refractivity contribution in [2.24, 2.45) is 11.3 Å². The first-order chi connectivity index (χ1) is 8.20. The van der Waals surface area contributed by atoms with Crippen LogP contribution in [0.15, 0.2) is 0 Å². The highest BCUT2D eigenvalue weighted by atomic mass is 16.2. The van der Waals surface area contributed by atoms with Gasteiger partial charge in [-0.3, -0.25) is 9.59 Å². The molecule has 104 valence electrons. The Morgan fingerprint density at radius 3 is 1.83 bits per heavy atom. The summed E-state index contributed by atoms with van der Waals surface area (Å²) in [5.41, 5.74) is 0.0297. The summed E-state index contributed by atoms with van der Waals surface area (Å²) in [5, 5.41) is 0. The monoisotopic (exact) mass is 254 g/mol. The van der Waals surface area contributed by atoms with Crippen molar-refractivity contribution in [1.29, 1.82) is 0 Å². The molecule has 0 aromatic rings. The van der Waals surface area contributed by atoms with E-state index in [4.69, 9.17) is 0 Å². The number of amides is 2. The van der Waals surface area contributed by atoms with Crippen molar-refractivity contribution in [2.45, 2.75) is 41.0 Å². The maximum atomic E-state index is 12.0. The van der Waals surface area contributed by atoms with Crippen LogP contribution in [0.2, 0.25) is 0 Å². The van der Waals surface area contributed by atoms with Crippen molar-refractivity contribution in [2.75, 3.05) is 26.2 Å².